The Kier molecular flexibility index (Phi) is 4.54. The van der Waals surface area contributed by atoms with Gasteiger partial charge in [-0.05, 0) is 38.5 Å². The molecular formula is C18H20N4O2S2. The third-order valence-electron chi connectivity index (χ3n) is 4.26. The van der Waals surface area contributed by atoms with E-state index in [1.807, 2.05) is 26.0 Å². The number of rotatable bonds is 2. The van der Waals surface area contributed by atoms with E-state index >= 15 is 0 Å². The van der Waals surface area contributed by atoms with Crippen molar-refractivity contribution in [3.63, 3.8) is 0 Å². The maximum absolute atomic E-state index is 12.4. The molecule has 0 saturated heterocycles. The molecule has 1 aliphatic rings. The largest absolute Gasteiger partial charge is 0.369 e. The molecule has 0 aliphatic carbocycles. The van der Waals surface area contributed by atoms with Crippen LogP contribution in [0.3, 0.4) is 0 Å². The zero-order chi connectivity index (χ0) is 19.1. The average molecular weight is 389 g/mol. The number of aliphatic imine (C=N–C) groups is 1. The third kappa shape index (κ3) is 3.20. The summed E-state index contributed by atoms with van der Waals surface area (Å²) in [6.45, 7) is 5.55. The molecule has 3 rings (SSSR count). The number of thiophene rings is 1. The van der Waals surface area contributed by atoms with E-state index in [1.54, 1.807) is 19.3 Å². The van der Waals surface area contributed by atoms with Crippen molar-refractivity contribution in [1.82, 2.24) is 9.29 Å². The van der Waals surface area contributed by atoms with Gasteiger partial charge in [0.2, 0.25) is 16.0 Å². The Labute approximate surface area is 157 Å². The number of sulfonamides is 1. The molecule has 0 fully saturated rings. The lowest BCUT2D eigenvalue weighted by Crippen LogP contribution is -2.50. The molecule has 8 heteroatoms. The van der Waals surface area contributed by atoms with Crippen LogP contribution in [-0.4, -0.2) is 36.5 Å². The Hall–Kier alpha value is -2.37. The topological polar surface area (TPSA) is 88.7 Å². The van der Waals surface area contributed by atoms with E-state index < -0.39 is 15.6 Å². The van der Waals surface area contributed by atoms with E-state index in [4.69, 9.17) is 5.73 Å². The highest BCUT2D eigenvalue weighted by Crippen LogP contribution is 2.41. The summed E-state index contributed by atoms with van der Waals surface area (Å²) in [4.78, 5) is 10.6. The van der Waals surface area contributed by atoms with Gasteiger partial charge >= 0.3 is 0 Å². The molecule has 1 atom stereocenters. The van der Waals surface area contributed by atoms with Crippen molar-refractivity contribution in [3.8, 4) is 22.3 Å². The fraction of sp³-hybridized carbons (Fsp3) is 0.333. The van der Waals surface area contributed by atoms with Gasteiger partial charge in [-0.15, -0.1) is 17.3 Å². The molecule has 136 valence electrons. The second-order valence-electron chi connectivity index (χ2n) is 6.43. The summed E-state index contributed by atoms with van der Waals surface area (Å²) in [7, 11) is -2.08. The minimum atomic E-state index is -3.50. The van der Waals surface area contributed by atoms with Gasteiger partial charge in [0.05, 0.1) is 5.75 Å². The summed E-state index contributed by atoms with van der Waals surface area (Å²) in [5.41, 5.74) is 7.73. The van der Waals surface area contributed by atoms with Crippen molar-refractivity contribution < 1.29 is 8.42 Å². The van der Waals surface area contributed by atoms with Gasteiger partial charge in [-0.2, -0.15) is 0 Å². The molecule has 2 aromatic rings. The van der Waals surface area contributed by atoms with Crippen LogP contribution >= 0.6 is 11.3 Å². The summed E-state index contributed by atoms with van der Waals surface area (Å²) in [6.07, 6.45) is 3.50. The number of aromatic nitrogens is 1. The fourth-order valence-corrected chi connectivity index (χ4v) is 5.79. The Bertz CT molecular complexity index is 1060. The van der Waals surface area contributed by atoms with E-state index in [-0.39, 0.29) is 11.7 Å². The minimum absolute atomic E-state index is 0.00924. The third-order valence-corrected chi connectivity index (χ3v) is 7.75. The van der Waals surface area contributed by atoms with Crippen LogP contribution in [0.25, 0.3) is 10.4 Å². The molecule has 0 spiro atoms. The van der Waals surface area contributed by atoms with Crippen molar-refractivity contribution in [2.24, 2.45) is 10.7 Å². The van der Waals surface area contributed by atoms with Gasteiger partial charge < -0.3 is 5.73 Å². The first-order chi connectivity index (χ1) is 12.2. The second-order valence-corrected chi connectivity index (χ2v) is 9.48. The second kappa shape index (κ2) is 6.41. The molecule has 6 nitrogen and oxygen atoms in total. The number of hydrogen-bond acceptors (Lipinski definition) is 6. The van der Waals surface area contributed by atoms with Gasteiger partial charge in [0.1, 0.15) is 5.54 Å². The minimum Gasteiger partial charge on any atom is -0.369 e. The number of nitrogens with two attached hydrogens (primary N) is 1. The van der Waals surface area contributed by atoms with Crippen molar-refractivity contribution in [2.75, 3.05) is 12.8 Å². The summed E-state index contributed by atoms with van der Waals surface area (Å²) in [5, 5.41) is 0. The first kappa shape index (κ1) is 18.4. The molecule has 0 radical (unpaired) electrons. The Balaban J connectivity index is 2.09. The van der Waals surface area contributed by atoms with Crippen molar-refractivity contribution in [2.45, 2.75) is 26.3 Å². The number of nitrogens with zero attached hydrogens (tertiary/aromatic N) is 3. The molecule has 0 saturated carbocycles. The van der Waals surface area contributed by atoms with Crippen molar-refractivity contribution >= 4 is 27.3 Å². The van der Waals surface area contributed by atoms with Crippen LogP contribution in [0.1, 0.15) is 29.9 Å². The molecule has 2 aromatic heterocycles. The van der Waals surface area contributed by atoms with Gasteiger partial charge in [-0.25, -0.2) is 17.7 Å². The van der Waals surface area contributed by atoms with Crippen LogP contribution in [0.4, 0.5) is 0 Å². The van der Waals surface area contributed by atoms with Crippen molar-refractivity contribution in [1.29, 1.82) is 0 Å². The van der Waals surface area contributed by atoms with E-state index in [1.165, 1.54) is 18.4 Å². The Morgan fingerprint density at radius 3 is 2.73 bits per heavy atom. The van der Waals surface area contributed by atoms with Crippen LogP contribution in [-0.2, 0) is 15.6 Å². The molecule has 3 heterocycles. The lowest BCUT2D eigenvalue weighted by Gasteiger charge is -2.34. The highest BCUT2D eigenvalue weighted by atomic mass is 32.2. The van der Waals surface area contributed by atoms with Crippen LogP contribution in [0.5, 0.6) is 0 Å². The number of hydrogen-bond donors (Lipinski definition) is 1. The zero-order valence-corrected chi connectivity index (χ0v) is 16.7. The maximum atomic E-state index is 12.4. The van der Waals surface area contributed by atoms with Crippen molar-refractivity contribution in [3.05, 3.63) is 40.5 Å². The number of aryl methyl sites for hydroxylation is 1. The lowest BCUT2D eigenvalue weighted by molar-refractivity contribution is 0.481. The smallest absolute Gasteiger partial charge is 0.239 e. The van der Waals surface area contributed by atoms with Gasteiger partial charge in [-0.1, -0.05) is 5.92 Å². The summed E-state index contributed by atoms with van der Waals surface area (Å²) in [6, 6.07) is 4.01. The maximum Gasteiger partial charge on any atom is 0.239 e. The zero-order valence-electron chi connectivity index (χ0n) is 15.1. The molecule has 0 aromatic carbocycles. The normalized spacial score (nSPS) is 21.7. The highest BCUT2D eigenvalue weighted by Gasteiger charge is 2.42. The van der Waals surface area contributed by atoms with Gasteiger partial charge in [0.25, 0.3) is 0 Å². The number of guanidine groups is 1. The molecule has 0 bridgehead atoms. The molecule has 26 heavy (non-hydrogen) atoms. The standard InChI is InChI=1S/C18H20N4O2S2/c1-5-6-13-8-14(10-20-9-13)15-7-12(2)16(25-15)18(3)11-26(23,24)22(4)17(19)21-18/h7-10H,11H2,1-4H3,(H2,19,21)/t18-/m0/s1. The molecule has 0 unspecified atom stereocenters. The van der Waals surface area contributed by atoms with Gasteiger partial charge in [0, 0.05) is 40.3 Å². The summed E-state index contributed by atoms with van der Waals surface area (Å²) >= 11 is 1.51. The van der Waals surface area contributed by atoms with Crippen LogP contribution < -0.4 is 5.73 Å². The molecule has 0 amide bonds. The lowest BCUT2D eigenvalue weighted by atomic mass is 10.00. The van der Waals surface area contributed by atoms with E-state index in [0.717, 1.165) is 30.7 Å². The highest BCUT2D eigenvalue weighted by molar-refractivity contribution is 7.89. The van der Waals surface area contributed by atoms with E-state index in [2.05, 4.69) is 21.8 Å². The van der Waals surface area contributed by atoms with E-state index in [0.29, 0.717) is 0 Å². The Morgan fingerprint density at radius 1 is 1.35 bits per heavy atom. The van der Waals surface area contributed by atoms with Crippen LogP contribution in [0.2, 0.25) is 0 Å². The number of pyridine rings is 1. The first-order valence-corrected chi connectivity index (χ1v) is 10.4. The predicted molar refractivity (Wildman–Crippen MR) is 105 cm³/mol. The van der Waals surface area contributed by atoms with E-state index in [9.17, 15) is 8.42 Å². The summed E-state index contributed by atoms with van der Waals surface area (Å²) in [5.74, 6) is 5.76. The van der Waals surface area contributed by atoms with Crippen LogP contribution in [0, 0.1) is 18.8 Å². The molecule has 1 aliphatic heterocycles. The monoisotopic (exact) mass is 388 g/mol. The first-order valence-electron chi connectivity index (χ1n) is 7.97. The Morgan fingerprint density at radius 2 is 2.08 bits per heavy atom. The average Bonchev–Trinajstić information content (AvgIpc) is 2.96. The van der Waals surface area contributed by atoms with Crippen LogP contribution in [0.15, 0.2) is 29.5 Å². The van der Waals surface area contributed by atoms with Gasteiger partial charge in [0.15, 0.2) is 0 Å². The molecule has 2 N–H and O–H groups in total. The van der Waals surface area contributed by atoms with Gasteiger partial charge in [-0.3, -0.25) is 4.98 Å². The molecular weight excluding hydrogens is 368 g/mol. The SMILES string of the molecule is CC#Cc1cncc(-c2cc(C)c([C@]3(C)CS(=O)(=O)N(C)C(N)=N3)s2)c1. The quantitative estimate of drug-likeness (QED) is 0.800. The summed E-state index contributed by atoms with van der Waals surface area (Å²) < 4.78 is 25.9. The fourth-order valence-electron chi connectivity index (χ4n) is 3.01. The predicted octanol–water partition coefficient (Wildman–Crippen LogP) is 2.30.